The van der Waals surface area contributed by atoms with Gasteiger partial charge in [0.25, 0.3) is 0 Å². The number of carbonyl (C=O) groups excluding carboxylic acids is 1. The van der Waals surface area contributed by atoms with E-state index in [0.29, 0.717) is 11.1 Å². The molecule has 0 aliphatic heterocycles. The molecular formula is C14H18F3NO2. The molecule has 0 spiro atoms. The summed E-state index contributed by atoms with van der Waals surface area (Å²) in [6, 6.07) is 6.77. The van der Waals surface area contributed by atoms with E-state index in [2.05, 4.69) is 0 Å². The molecule has 1 aromatic carbocycles. The number of hydrogen-bond acceptors (Lipinski definition) is 3. The van der Waals surface area contributed by atoms with Gasteiger partial charge in [-0.2, -0.15) is 13.2 Å². The van der Waals surface area contributed by atoms with E-state index in [0.717, 1.165) is 7.11 Å². The minimum Gasteiger partial charge on any atom is -0.468 e. The van der Waals surface area contributed by atoms with E-state index in [-0.39, 0.29) is 6.54 Å². The fourth-order valence-corrected chi connectivity index (χ4v) is 2.30. The Bertz CT molecular complexity index is 474. The highest BCUT2D eigenvalue weighted by Gasteiger charge is 2.44. The van der Waals surface area contributed by atoms with Crippen LogP contribution >= 0.6 is 0 Å². The summed E-state index contributed by atoms with van der Waals surface area (Å²) in [6.45, 7) is 1.50. The Morgan fingerprint density at radius 2 is 1.85 bits per heavy atom. The lowest BCUT2D eigenvalue weighted by atomic mass is 9.74. The van der Waals surface area contributed by atoms with Gasteiger partial charge in [0.05, 0.1) is 7.11 Å². The average molecular weight is 289 g/mol. The maximum Gasteiger partial charge on any atom is 0.389 e. The fourth-order valence-electron chi connectivity index (χ4n) is 2.30. The van der Waals surface area contributed by atoms with Gasteiger partial charge < -0.3 is 10.5 Å². The molecule has 2 N–H and O–H groups in total. The van der Waals surface area contributed by atoms with Crippen molar-refractivity contribution in [3.63, 3.8) is 0 Å². The maximum atomic E-state index is 12.5. The summed E-state index contributed by atoms with van der Waals surface area (Å²) >= 11 is 0. The maximum absolute atomic E-state index is 12.5. The van der Waals surface area contributed by atoms with E-state index in [1.807, 2.05) is 0 Å². The summed E-state index contributed by atoms with van der Waals surface area (Å²) < 4.78 is 42.2. The highest BCUT2D eigenvalue weighted by molar-refractivity contribution is 5.84. The molecule has 0 saturated carbocycles. The molecule has 112 valence electrons. The Kier molecular flexibility index (Phi) is 5.16. The van der Waals surface area contributed by atoms with Crippen molar-refractivity contribution in [2.75, 3.05) is 13.7 Å². The quantitative estimate of drug-likeness (QED) is 0.848. The molecule has 0 heterocycles. The molecule has 6 heteroatoms. The van der Waals surface area contributed by atoms with Crippen molar-refractivity contribution in [2.24, 2.45) is 5.73 Å². The fraction of sp³-hybridized carbons (Fsp3) is 0.500. The van der Waals surface area contributed by atoms with Crippen molar-refractivity contribution < 1.29 is 22.7 Å². The molecule has 0 saturated heterocycles. The van der Waals surface area contributed by atoms with Crippen LogP contribution in [0.4, 0.5) is 13.2 Å². The summed E-state index contributed by atoms with van der Waals surface area (Å²) in [5.74, 6) is -0.737. The van der Waals surface area contributed by atoms with Crippen molar-refractivity contribution in [3.05, 3.63) is 35.4 Å². The normalized spacial score (nSPS) is 14.7. The lowest BCUT2D eigenvalue weighted by molar-refractivity contribution is -0.154. The number of hydrogen-bond donors (Lipinski definition) is 1. The lowest BCUT2D eigenvalue weighted by Gasteiger charge is -2.31. The average Bonchev–Trinajstić information content (AvgIpc) is 2.40. The molecule has 1 rings (SSSR count). The van der Waals surface area contributed by atoms with Crippen LogP contribution in [0.5, 0.6) is 0 Å². The van der Waals surface area contributed by atoms with Gasteiger partial charge in [-0.15, -0.1) is 0 Å². The molecule has 0 amide bonds. The largest absolute Gasteiger partial charge is 0.468 e. The number of nitrogens with two attached hydrogens (primary N) is 1. The zero-order chi connectivity index (χ0) is 15.4. The summed E-state index contributed by atoms with van der Waals surface area (Å²) in [5, 5.41) is 0. The monoisotopic (exact) mass is 289 g/mol. The topological polar surface area (TPSA) is 52.3 Å². The number of ether oxygens (including phenoxy) is 1. The third kappa shape index (κ3) is 3.50. The Morgan fingerprint density at radius 3 is 2.30 bits per heavy atom. The molecule has 20 heavy (non-hydrogen) atoms. The molecule has 1 unspecified atom stereocenters. The van der Waals surface area contributed by atoms with E-state index in [1.54, 1.807) is 31.2 Å². The molecule has 0 aliphatic rings. The number of aryl methyl sites for hydroxylation is 1. The number of halogens is 3. The second-order valence-electron chi connectivity index (χ2n) is 4.71. The van der Waals surface area contributed by atoms with Gasteiger partial charge in [0.1, 0.15) is 5.41 Å². The van der Waals surface area contributed by atoms with Gasteiger partial charge in [0, 0.05) is 13.0 Å². The van der Waals surface area contributed by atoms with Crippen LogP contribution in [0.2, 0.25) is 0 Å². The molecule has 1 atom stereocenters. The summed E-state index contributed by atoms with van der Waals surface area (Å²) in [7, 11) is 1.15. The van der Waals surface area contributed by atoms with Crippen LogP contribution in [0.15, 0.2) is 24.3 Å². The lowest BCUT2D eigenvalue weighted by Crippen LogP contribution is -2.45. The van der Waals surface area contributed by atoms with Crippen molar-refractivity contribution in [1.29, 1.82) is 0 Å². The van der Waals surface area contributed by atoms with E-state index < -0.39 is 30.4 Å². The minimum absolute atomic E-state index is 0.236. The standard InChI is InChI=1S/C14H18F3NO2/c1-10-5-3-4-6-11(10)13(9-18,12(19)20-2)7-8-14(15,16)17/h3-6H,7-9,18H2,1-2H3. The van der Waals surface area contributed by atoms with Crippen molar-refractivity contribution in [3.8, 4) is 0 Å². The predicted octanol–water partition coefficient (Wildman–Crippen LogP) is 2.71. The minimum atomic E-state index is -4.35. The zero-order valence-electron chi connectivity index (χ0n) is 11.5. The van der Waals surface area contributed by atoms with Gasteiger partial charge in [-0.1, -0.05) is 24.3 Å². The van der Waals surface area contributed by atoms with Crippen LogP contribution < -0.4 is 5.73 Å². The SMILES string of the molecule is COC(=O)C(CN)(CCC(F)(F)F)c1ccccc1C. The summed E-state index contributed by atoms with van der Waals surface area (Å²) in [4.78, 5) is 12.1. The van der Waals surface area contributed by atoms with Gasteiger partial charge in [-0.3, -0.25) is 4.79 Å². The molecule has 0 radical (unpaired) electrons. The Morgan fingerprint density at radius 1 is 1.25 bits per heavy atom. The Hall–Kier alpha value is -1.56. The van der Waals surface area contributed by atoms with Crippen LogP contribution in [-0.2, 0) is 14.9 Å². The number of esters is 1. The first kappa shape index (κ1) is 16.5. The third-order valence-corrected chi connectivity index (χ3v) is 3.42. The second-order valence-corrected chi connectivity index (χ2v) is 4.71. The second kappa shape index (κ2) is 6.26. The number of alkyl halides is 3. The molecule has 0 aliphatic carbocycles. The number of carbonyl (C=O) groups is 1. The van der Waals surface area contributed by atoms with Gasteiger partial charge in [-0.05, 0) is 24.5 Å². The van der Waals surface area contributed by atoms with Crippen LogP contribution in [0, 0.1) is 6.92 Å². The molecule has 0 bridgehead atoms. The van der Waals surface area contributed by atoms with E-state index in [4.69, 9.17) is 10.5 Å². The number of methoxy groups -OCH3 is 1. The molecule has 3 nitrogen and oxygen atoms in total. The van der Waals surface area contributed by atoms with Crippen molar-refractivity contribution in [2.45, 2.75) is 31.4 Å². The number of rotatable bonds is 5. The van der Waals surface area contributed by atoms with Crippen LogP contribution in [0.3, 0.4) is 0 Å². The van der Waals surface area contributed by atoms with Gasteiger partial charge in [-0.25, -0.2) is 0 Å². The van der Waals surface area contributed by atoms with Crippen LogP contribution in [0.25, 0.3) is 0 Å². The van der Waals surface area contributed by atoms with Crippen molar-refractivity contribution in [1.82, 2.24) is 0 Å². The third-order valence-electron chi connectivity index (χ3n) is 3.42. The summed E-state index contributed by atoms with van der Waals surface area (Å²) in [6.07, 6.45) is -5.87. The molecule has 1 aromatic rings. The first-order chi connectivity index (χ1) is 9.27. The van der Waals surface area contributed by atoms with E-state index >= 15 is 0 Å². The van der Waals surface area contributed by atoms with E-state index in [1.165, 1.54) is 0 Å². The first-order valence-electron chi connectivity index (χ1n) is 6.18. The zero-order valence-corrected chi connectivity index (χ0v) is 11.5. The smallest absolute Gasteiger partial charge is 0.389 e. The summed E-state index contributed by atoms with van der Waals surface area (Å²) in [5.41, 5.74) is 5.38. The highest BCUT2D eigenvalue weighted by Crippen LogP contribution is 2.36. The van der Waals surface area contributed by atoms with E-state index in [9.17, 15) is 18.0 Å². The van der Waals surface area contributed by atoms with Gasteiger partial charge in [0.2, 0.25) is 0 Å². The van der Waals surface area contributed by atoms with Crippen LogP contribution in [-0.4, -0.2) is 25.8 Å². The predicted molar refractivity (Wildman–Crippen MR) is 69.2 cm³/mol. The first-order valence-corrected chi connectivity index (χ1v) is 6.18. The molecule has 0 fully saturated rings. The van der Waals surface area contributed by atoms with Crippen molar-refractivity contribution >= 4 is 5.97 Å². The molecule has 0 aromatic heterocycles. The number of benzene rings is 1. The Balaban J connectivity index is 3.26. The van der Waals surface area contributed by atoms with Crippen LogP contribution in [0.1, 0.15) is 24.0 Å². The Labute approximate surface area is 115 Å². The molecular weight excluding hydrogens is 271 g/mol. The van der Waals surface area contributed by atoms with Gasteiger partial charge >= 0.3 is 12.1 Å². The highest BCUT2D eigenvalue weighted by atomic mass is 19.4. The van der Waals surface area contributed by atoms with Gasteiger partial charge in [0.15, 0.2) is 0 Å².